The number of hydrogen-bond acceptors (Lipinski definition) is 2. The van der Waals surface area contributed by atoms with E-state index in [4.69, 9.17) is 21.1 Å². The Bertz CT molecular complexity index is 317. The van der Waals surface area contributed by atoms with Crippen LogP contribution in [0.15, 0.2) is 16.5 Å². The van der Waals surface area contributed by atoms with Crippen molar-refractivity contribution in [3.05, 3.63) is 23.1 Å². The molecule has 0 fully saturated rings. The van der Waals surface area contributed by atoms with Crippen molar-refractivity contribution >= 4 is 17.6 Å². The maximum Gasteiger partial charge on any atom is 0.314 e. The highest BCUT2D eigenvalue weighted by Gasteiger charge is 2.24. The summed E-state index contributed by atoms with van der Waals surface area (Å²) in [5, 5.41) is 9.21. The van der Waals surface area contributed by atoms with Crippen LogP contribution in [-0.4, -0.2) is 11.1 Å². The van der Waals surface area contributed by atoms with Gasteiger partial charge in [-0.15, -0.1) is 0 Å². The molecule has 0 aliphatic rings. The molecule has 0 radical (unpaired) electrons. The van der Waals surface area contributed by atoms with E-state index >= 15 is 0 Å². The van der Waals surface area contributed by atoms with Gasteiger partial charge in [0.25, 0.3) is 0 Å². The van der Waals surface area contributed by atoms with Gasteiger partial charge >= 0.3 is 5.97 Å². The van der Waals surface area contributed by atoms with Crippen molar-refractivity contribution in [2.75, 3.05) is 0 Å². The predicted octanol–water partition coefficient (Wildman–Crippen LogP) is 3.15. The Kier molecular flexibility index (Phi) is 3.58. The van der Waals surface area contributed by atoms with Gasteiger partial charge in [0, 0.05) is 0 Å². The number of carboxylic acids is 1. The van der Waals surface area contributed by atoms with Gasteiger partial charge in [0.2, 0.25) is 0 Å². The Morgan fingerprint density at radius 3 is 2.57 bits per heavy atom. The van der Waals surface area contributed by atoms with Crippen LogP contribution in [0.5, 0.6) is 0 Å². The average molecular weight is 217 g/mol. The van der Waals surface area contributed by atoms with E-state index in [0.717, 1.165) is 0 Å². The third kappa shape index (κ3) is 2.77. The van der Waals surface area contributed by atoms with Gasteiger partial charge in [-0.25, -0.2) is 0 Å². The minimum absolute atomic E-state index is 0.231. The van der Waals surface area contributed by atoms with E-state index in [-0.39, 0.29) is 5.22 Å². The van der Waals surface area contributed by atoms with Crippen LogP contribution in [0.25, 0.3) is 0 Å². The Labute approximate surface area is 87.7 Å². The van der Waals surface area contributed by atoms with Crippen LogP contribution in [0.3, 0.4) is 0 Å². The number of hydrogen-bond donors (Lipinski definition) is 1. The molecule has 3 nitrogen and oxygen atoms in total. The Balaban J connectivity index is 2.83. The number of furan rings is 1. The fraction of sp³-hybridized carbons (Fsp3) is 0.500. The number of carbonyl (C=O) groups is 1. The van der Waals surface area contributed by atoms with Crippen LogP contribution >= 0.6 is 11.6 Å². The van der Waals surface area contributed by atoms with Crippen LogP contribution in [0.4, 0.5) is 0 Å². The second-order valence-corrected chi connectivity index (χ2v) is 4.03. The molecule has 0 aromatic carbocycles. The molecule has 4 heteroatoms. The van der Waals surface area contributed by atoms with Crippen molar-refractivity contribution < 1.29 is 14.3 Å². The molecule has 0 amide bonds. The Morgan fingerprint density at radius 1 is 1.57 bits per heavy atom. The first kappa shape index (κ1) is 11.1. The lowest BCUT2D eigenvalue weighted by molar-refractivity contribution is -0.139. The summed E-state index contributed by atoms with van der Waals surface area (Å²) in [6, 6.07) is 3.18. The zero-order valence-electron chi connectivity index (χ0n) is 8.16. The molecule has 1 rings (SSSR count). The van der Waals surface area contributed by atoms with E-state index in [0.29, 0.717) is 18.1 Å². The van der Waals surface area contributed by atoms with E-state index < -0.39 is 11.9 Å². The Hall–Kier alpha value is -0.960. The first-order valence-corrected chi connectivity index (χ1v) is 4.86. The van der Waals surface area contributed by atoms with Crippen LogP contribution in [-0.2, 0) is 4.79 Å². The highest BCUT2D eigenvalue weighted by molar-refractivity contribution is 6.28. The summed E-state index contributed by atoms with van der Waals surface area (Å²) >= 11 is 5.59. The van der Waals surface area contributed by atoms with E-state index in [1.807, 2.05) is 13.8 Å². The first-order valence-electron chi connectivity index (χ1n) is 4.48. The standard InChI is InChI=1S/C10H13ClO3/c1-6(2)5-7(10(12)13)8-3-4-9(11)14-8/h3-4,6-7H,5H2,1-2H3,(H,12,13). The quantitative estimate of drug-likeness (QED) is 0.841. The van der Waals surface area contributed by atoms with Gasteiger partial charge in [-0.2, -0.15) is 0 Å². The maximum absolute atomic E-state index is 10.9. The molecule has 0 spiro atoms. The summed E-state index contributed by atoms with van der Waals surface area (Å²) in [6.45, 7) is 3.95. The van der Waals surface area contributed by atoms with Crippen molar-refractivity contribution in [1.29, 1.82) is 0 Å². The van der Waals surface area contributed by atoms with Crippen LogP contribution in [0.1, 0.15) is 31.9 Å². The third-order valence-corrected chi connectivity index (χ3v) is 2.15. The molecule has 14 heavy (non-hydrogen) atoms. The first-order chi connectivity index (χ1) is 6.50. The van der Waals surface area contributed by atoms with Crippen LogP contribution in [0, 0.1) is 5.92 Å². The van der Waals surface area contributed by atoms with Crippen molar-refractivity contribution in [1.82, 2.24) is 0 Å². The molecule has 1 unspecified atom stereocenters. The lowest BCUT2D eigenvalue weighted by Gasteiger charge is -2.11. The minimum atomic E-state index is -0.871. The lowest BCUT2D eigenvalue weighted by Crippen LogP contribution is -2.13. The summed E-state index contributed by atoms with van der Waals surface area (Å²) in [5.41, 5.74) is 0. The van der Waals surface area contributed by atoms with Crippen molar-refractivity contribution in [2.45, 2.75) is 26.2 Å². The second kappa shape index (κ2) is 4.51. The number of aliphatic carboxylic acids is 1. The van der Waals surface area contributed by atoms with Gasteiger partial charge < -0.3 is 9.52 Å². The van der Waals surface area contributed by atoms with Gasteiger partial charge in [-0.05, 0) is 36.1 Å². The summed E-state index contributed by atoms with van der Waals surface area (Å²) in [7, 11) is 0. The molecule has 0 saturated carbocycles. The molecule has 0 bridgehead atoms. The van der Waals surface area contributed by atoms with E-state index in [1.165, 1.54) is 0 Å². The Morgan fingerprint density at radius 2 is 2.21 bits per heavy atom. The fourth-order valence-corrected chi connectivity index (χ4v) is 1.48. The van der Waals surface area contributed by atoms with E-state index in [9.17, 15) is 4.79 Å². The van der Waals surface area contributed by atoms with Crippen LogP contribution < -0.4 is 0 Å². The number of carboxylic acid groups (broad SMARTS) is 1. The van der Waals surface area contributed by atoms with E-state index in [1.54, 1.807) is 12.1 Å². The zero-order valence-corrected chi connectivity index (χ0v) is 8.91. The third-order valence-electron chi connectivity index (χ3n) is 1.94. The summed E-state index contributed by atoms with van der Waals surface area (Å²) in [6.07, 6.45) is 0.555. The monoisotopic (exact) mass is 216 g/mol. The number of rotatable bonds is 4. The molecule has 0 aliphatic carbocycles. The zero-order chi connectivity index (χ0) is 10.7. The van der Waals surface area contributed by atoms with Gasteiger partial charge in [0.15, 0.2) is 5.22 Å². The topological polar surface area (TPSA) is 50.4 Å². The van der Waals surface area contributed by atoms with Crippen molar-refractivity contribution in [3.63, 3.8) is 0 Å². The second-order valence-electron chi connectivity index (χ2n) is 3.66. The molecule has 1 heterocycles. The maximum atomic E-state index is 10.9. The molecule has 78 valence electrons. The molecular weight excluding hydrogens is 204 g/mol. The number of halogens is 1. The lowest BCUT2D eigenvalue weighted by atomic mass is 9.95. The largest absolute Gasteiger partial charge is 0.481 e. The molecule has 1 aromatic heterocycles. The summed E-state index contributed by atoms with van der Waals surface area (Å²) in [4.78, 5) is 10.9. The van der Waals surface area contributed by atoms with E-state index in [2.05, 4.69) is 0 Å². The summed E-state index contributed by atoms with van der Waals surface area (Å²) in [5.74, 6) is -0.733. The van der Waals surface area contributed by atoms with Gasteiger partial charge in [0.1, 0.15) is 11.7 Å². The smallest absolute Gasteiger partial charge is 0.314 e. The SMILES string of the molecule is CC(C)CC(C(=O)O)c1ccc(Cl)o1. The molecule has 1 aromatic rings. The highest BCUT2D eigenvalue weighted by atomic mass is 35.5. The minimum Gasteiger partial charge on any atom is -0.481 e. The highest BCUT2D eigenvalue weighted by Crippen LogP contribution is 2.27. The molecule has 1 atom stereocenters. The summed E-state index contributed by atoms with van der Waals surface area (Å²) < 4.78 is 5.09. The molecule has 0 saturated heterocycles. The molecular formula is C10H13ClO3. The van der Waals surface area contributed by atoms with Gasteiger partial charge in [0.05, 0.1) is 0 Å². The van der Waals surface area contributed by atoms with Crippen LogP contribution in [0.2, 0.25) is 5.22 Å². The van der Waals surface area contributed by atoms with Crippen molar-refractivity contribution in [2.24, 2.45) is 5.92 Å². The van der Waals surface area contributed by atoms with Gasteiger partial charge in [-0.3, -0.25) is 4.79 Å². The molecule has 0 aliphatic heterocycles. The normalized spacial score (nSPS) is 13.1. The van der Waals surface area contributed by atoms with Crippen molar-refractivity contribution in [3.8, 4) is 0 Å². The average Bonchev–Trinajstić information content (AvgIpc) is 2.46. The molecule has 1 N–H and O–H groups in total. The predicted molar refractivity (Wildman–Crippen MR) is 53.5 cm³/mol. The van der Waals surface area contributed by atoms with Gasteiger partial charge in [-0.1, -0.05) is 13.8 Å². The fourth-order valence-electron chi connectivity index (χ4n) is 1.33.